The van der Waals surface area contributed by atoms with Crippen molar-refractivity contribution in [2.75, 3.05) is 43.5 Å². The molecule has 0 saturated carbocycles. The second-order valence-corrected chi connectivity index (χ2v) is 8.85. The van der Waals surface area contributed by atoms with Crippen LogP contribution in [-0.4, -0.2) is 54.2 Å². The first-order chi connectivity index (χ1) is 17.1. The Morgan fingerprint density at radius 2 is 1.89 bits per heavy atom. The summed E-state index contributed by atoms with van der Waals surface area (Å²) in [4.78, 5) is 22.1. The van der Waals surface area contributed by atoms with E-state index in [0.717, 1.165) is 56.0 Å². The van der Waals surface area contributed by atoms with Gasteiger partial charge in [-0.05, 0) is 36.6 Å². The molecule has 184 valence electrons. The lowest BCUT2D eigenvalue weighted by atomic mass is 9.95. The topological polar surface area (TPSA) is 77.9 Å². The van der Waals surface area contributed by atoms with E-state index in [1.54, 1.807) is 19.4 Å². The molecule has 2 aromatic carbocycles. The predicted octanol–water partition coefficient (Wildman–Crippen LogP) is 4.64. The summed E-state index contributed by atoms with van der Waals surface area (Å²) in [5.74, 6) is 1.43. The minimum absolute atomic E-state index is 0.0144. The van der Waals surface area contributed by atoms with Gasteiger partial charge in [-0.3, -0.25) is 9.69 Å². The highest BCUT2D eigenvalue weighted by Gasteiger charge is 2.20. The summed E-state index contributed by atoms with van der Waals surface area (Å²) in [5.41, 5.74) is 2.60. The fourth-order valence-corrected chi connectivity index (χ4v) is 4.59. The van der Waals surface area contributed by atoms with Gasteiger partial charge in [-0.2, -0.15) is 0 Å². The third-order valence-corrected chi connectivity index (χ3v) is 6.55. The molecular formula is C28H34N4O3. The first-order valence-electron chi connectivity index (χ1n) is 12.2. The fraction of sp³-hybridized carbons (Fsp3) is 0.357. The van der Waals surface area contributed by atoms with E-state index in [0.29, 0.717) is 18.0 Å². The van der Waals surface area contributed by atoms with Gasteiger partial charge >= 0.3 is 0 Å². The number of benzene rings is 2. The Labute approximate surface area is 207 Å². The molecule has 35 heavy (non-hydrogen) atoms. The molecule has 7 nitrogen and oxygen atoms in total. The normalized spacial score (nSPS) is 15.3. The predicted molar refractivity (Wildman–Crippen MR) is 139 cm³/mol. The molecule has 3 aromatic rings. The van der Waals surface area contributed by atoms with Gasteiger partial charge in [0.2, 0.25) is 5.91 Å². The van der Waals surface area contributed by atoms with Gasteiger partial charge in [0, 0.05) is 38.3 Å². The Hall–Kier alpha value is -3.58. The summed E-state index contributed by atoms with van der Waals surface area (Å²) in [6.45, 7) is 6.26. The molecule has 0 aliphatic carbocycles. The average Bonchev–Trinajstić information content (AvgIpc) is 3.12. The van der Waals surface area contributed by atoms with Crippen LogP contribution in [-0.2, 0) is 11.3 Å². The zero-order valence-electron chi connectivity index (χ0n) is 20.5. The van der Waals surface area contributed by atoms with E-state index in [2.05, 4.69) is 20.1 Å². The molecule has 1 fully saturated rings. The van der Waals surface area contributed by atoms with Gasteiger partial charge in [0.05, 0.1) is 24.9 Å². The smallest absolute Gasteiger partial charge is 0.231 e. The van der Waals surface area contributed by atoms with Crippen LogP contribution in [0.15, 0.2) is 66.9 Å². The standard InChI is InChI=1S/C28H34N4O3/c1-3-24(21-9-5-4-6-10-21)28(34)30-23-13-14-26(29-19-23)32-16-8-15-31(17-18-32)20-22-11-7-12-25(35-2)27(22)33/h4-7,9-14,19,24,33H,3,8,15-18,20H2,1-2H3,(H,30,34). The van der Waals surface area contributed by atoms with Crippen LogP contribution in [0.1, 0.15) is 36.8 Å². The van der Waals surface area contributed by atoms with Crippen molar-refractivity contribution in [3.8, 4) is 11.5 Å². The van der Waals surface area contributed by atoms with Crippen LogP contribution < -0.4 is 15.0 Å². The summed E-state index contributed by atoms with van der Waals surface area (Å²) in [6, 6.07) is 19.4. The van der Waals surface area contributed by atoms with Crippen LogP contribution in [0.4, 0.5) is 11.5 Å². The Morgan fingerprint density at radius 1 is 1.06 bits per heavy atom. The first kappa shape index (κ1) is 24.5. The number of anilines is 2. The number of carbonyl (C=O) groups excluding carboxylic acids is 1. The molecule has 0 bridgehead atoms. The minimum atomic E-state index is -0.184. The fourth-order valence-electron chi connectivity index (χ4n) is 4.59. The molecule has 1 aliphatic rings. The van der Waals surface area contributed by atoms with Crippen LogP contribution in [0.3, 0.4) is 0 Å². The number of pyridine rings is 1. The van der Waals surface area contributed by atoms with E-state index < -0.39 is 0 Å². The summed E-state index contributed by atoms with van der Waals surface area (Å²) in [6.07, 6.45) is 3.47. The number of para-hydroxylation sites is 1. The second-order valence-electron chi connectivity index (χ2n) is 8.85. The zero-order chi connectivity index (χ0) is 24.6. The molecule has 1 atom stereocenters. The van der Waals surface area contributed by atoms with E-state index in [1.807, 2.05) is 61.5 Å². The molecule has 1 saturated heterocycles. The summed E-state index contributed by atoms with van der Waals surface area (Å²) in [7, 11) is 1.57. The molecule has 2 heterocycles. The van der Waals surface area contributed by atoms with Crippen molar-refractivity contribution >= 4 is 17.4 Å². The molecule has 1 aliphatic heterocycles. The minimum Gasteiger partial charge on any atom is -0.504 e. The number of nitrogens with zero attached hydrogens (tertiary/aromatic N) is 3. The van der Waals surface area contributed by atoms with Crippen molar-refractivity contribution in [1.82, 2.24) is 9.88 Å². The van der Waals surface area contributed by atoms with Crippen molar-refractivity contribution < 1.29 is 14.6 Å². The maximum absolute atomic E-state index is 12.8. The van der Waals surface area contributed by atoms with Crippen LogP contribution in [0.5, 0.6) is 11.5 Å². The highest BCUT2D eigenvalue weighted by molar-refractivity contribution is 5.95. The largest absolute Gasteiger partial charge is 0.504 e. The average molecular weight is 475 g/mol. The Kier molecular flexibility index (Phi) is 8.21. The van der Waals surface area contributed by atoms with Gasteiger partial charge in [0.25, 0.3) is 0 Å². The summed E-state index contributed by atoms with van der Waals surface area (Å²) in [5, 5.41) is 13.4. The molecule has 1 unspecified atom stereocenters. The lowest BCUT2D eigenvalue weighted by Gasteiger charge is -2.23. The number of carbonyl (C=O) groups is 1. The van der Waals surface area contributed by atoms with Gasteiger partial charge in [0.1, 0.15) is 5.82 Å². The molecule has 2 N–H and O–H groups in total. The molecule has 4 rings (SSSR count). The number of hydrogen-bond acceptors (Lipinski definition) is 6. The van der Waals surface area contributed by atoms with Crippen molar-refractivity contribution in [3.05, 3.63) is 78.0 Å². The number of phenolic OH excluding ortho intramolecular Hbond substituents is 1. The lowest BCUT2D eigenvalue weighted by Crippen LogP contribution is -2.31. The summed E-state index contributed by atoms with van der Waals surface area (Å²) < 4.78 is 5.24. The van der Waals surface area contributed by atoms with Crippen LogP contribution >= 0.6 is 0 Å². The zero-order valence-corrected chi connectivity index (χ0v) is 20.5. The number of aromatic nitrogens is 1. The van der Waals surface area contributed by atoms with E-state index >= 15 is 0 Å². The van der Waals surface area contributed by atoms with Gasteiger partial charge in [-0.1, -0.05) is 49.4 Å². The molecule has 1 amide bonds. The van der Waals surface area contributed by atoms with Crippen molar-refractivity contribution in [3.63, 3.8) is 0 Å². The number of amides is 1. The van der Waals surface area contributed by atoms with E-state index in [4.69, 9.17) is 4.74 Å². The summed E-state index contributed by atoms with van der Waals surface area (Å²) >= 11 is 0. The van der Waals surface area contributed by atoms with E-state index in [-0.39, 0.29) is 17.6 Å². The SMILES string of the molecule is CCC(C(=O)Nc1ccc(N2CCCN(Cc3cccc(OC)c3O)CC2)nc1)c1ccccc1. The van der Waals surface area contributed by atoms with Crippen molar-refractivity contribution in [1.29, 1.82) is 0 Å². The number of phenols is 1. The number of methoxy groups -OCH3 is 1. The van der Waals surface area contributed by atoms with E-state index in [9.17, 15) is 9.90 Å². The van der Waals surface area contributed by atoms with Gasteiger partial charge in [-0.25, -0.2) is 4.98 Å². The molecule has 0 radical (unpaired) electrons. The molecule has 1 aromatic heterocycles. The monoisotopic (exact) mass is 474 g/mol. The Morgan fingerprint density at radius 3 is 2.60 bits per heavy atom. The first-order valence-corrected chi connectivity index (χ1v) is 12.2. The maximum Gasteiger partial charge on any atom is 0.231 e. The van der Waals surface area contributed by atoms with Crippen LogP contribution in [0.25, 0.3) is 0 Å². The molecule has 7 heteroatoms. The maximum atomic E-state index is 12.8. The second kappa shape index (κ2) is 11.7. The lowest BCUT2D eigenvalue weighted by molar-refractivity contribution is -0.117. The highest BCUT2D eigenvalue weighted by Crippen LogP contribution is 2.30. The molecular weight excluding hydrogens is 440 g/mol. The van der Waals surface area contributed by atoms with Crippen molar-refractivity contribution in [2.45, 2.75) is 32.2 Å². The van der Waals surface area contributed by atoms with Crippen LogP contribution in [0, 0.1) is 0 Å². The number of nitrogens with one attached hydrogen (secondary N) is 1. The Bertz CT molecular complexity index is 1100. The third-order valence-electron chi connectivity index (χ3n) is 6.55. The number of ether oxygens (including phenoxy) is 1. The number of aromatic hydroxyl groups is 1. The Balaban J connectivity index is 1.34. The number of rotatable bonds is 8. The van der Waals surface area contributed by atoms with E-state index in [1.165, 1.54) is 0 Å². The highest BCUT2D eigenvalue weighted by atomic mass is 16.5. The van der Waals surface area contributed by atoms with Gasteiger partial charge in [-0.15, -0.1) is 0 Å². The van der Waals surface area contributed by atoms with Crippen molar-refractivity contribution in [2.24, 2.45) is 0 Å². The third kappa shape index (κ3) is 6.11. The van der Waals surface area contributed by atoms with Gasteiger partial charge < -0.3 is 20.1 Å². The molecule has 0 spiro atoms. The number of hydrogen-bond donors (Lipinski definition) is 2. The van der Waals surface area contributed by atoms with Gasteiger partial charge in [0.15, 0.2) is 11.5 Å². The van der Waals surface area contributed by atoms with Crippen LogP contribution in [0.2, 0.25) is 0 Å². The quantitative estimate of drug-likeness (QED) is 0.495.